The maximum Gasteiger partial charge on any atom is 0.238 e. The summed E-state index contributed by atoms with van der Waals surface area (Å²) in [6.07, 6.45) is 0.151. The maximum atomic E-state index is 12.2. The van der Waals surface area contributed by atoms with Crippen LogP contribution in [0.25, 0.3) is 0 Å². The van der Waals surface area contributed by atoms with Crippen molar-refractivity contribution in [1.29, 1.82) is 0 Å². The average molecular weight is 295 g/mol. The van der Waals surface area contributed by atoms with E-state index in [1.54, 1.807) is 4.68 Å². The van der Waals surface area contributed by atoms with Gasteiger partial charge in [0.25, 0.3) is 0 Å². The summed E-state index contributed by atoms with van der Waals surface area (Å²) >= 11 is 0. The molecular weight excluding hydrogens is 270 g/mol. The number of carbonyl (C=O) groups excluding carboxylic acids is 1. The molecule has 1 aliphatic rings. The maximum absolute atomic E-state index is 12.2. The second kappa shape index (κ2) is 7.02. The van der Waals surface area contributed by atoms with E-state index in [9.17, 15) is 4.79 Å². The summed E-state index contributed by atoms with van der Waals surface area (Å²) in [6.45, 7) is 7.28. The normalized spacial score (nSPS) is 19.7. The van der Waals surface area contributed by atoms with E-state index < -0.39 is 0 Å². The third kappa shape index (κ3) is 4.03. The fraction of sp³-hybridized carbons (Fsp3) is 0.714. The predicted octanol–water partition coefficient (Wildman–Crippen LogP) is -0.104. The molecular formula is C14H25N5O2. The minimum Gasteiger partial charge on any atom is -0.374 e. The number of anilines is 1. The molecule has 1 fully saturated rings. The molecule has 1 amide bonds. The molecule has 0 radical (unpaired) electrons. The van der Waals surface area contributed by atoms with Crippen molar-refractivity contribution in [2.45, 2.75) is 20.0 Å². The quantitative estimate of drug-likeness (QED) is 0.793. The summed E-state index contributed by atoms with van der Waals surface area (Å²) in [6, 6.07) is 0. The average Bonchev–Trinajstić information content (AvgIpc) is 2.66. The zero-order valence-electron chi connectivity index (χ0n) is 13.3. The van der Waals surface area contributed by atoms with Gasteiger partial charge in [-0.2, -0.15) is 5.10 Å². The molecule has 7 heteroatoms. The van der Waals surface area contributed by atoms with E-state index in [1.165, 1.54) is 0 Å². The van der Waals surface area contributed by atoms with Crippen molar-refractivity contribution in [3.05, 3.63) is 11.4 Å². The molecule has 0 aromatic carbocycles. The van der Waals surface area contributed by atoms with E-state index in [0.29, 0.717) is 13.2 Å². The Morgan fingerprint density at radius 1 is 1.48 bits per heavy atom. The fourth-order valence-electron chi connectivity index (χ4n) is 2.61. The summed E-state index contributed by atoms with van der Waals surface area (Å²) < 4.78 is 7.42. The van der Waals surface area contributed by atoms with Crippen LogP contribution >= 0.6 is 0 Å². The van der Waals surface area contributed by atoms with Gasteiger partial charge in [-0.15, -0.1) is 0 Å². The number of ether oxygens (including phenoxy) is 1. The molecule has 1 aliphatic heterocycles. The van der Waals surface area contributed by atoms with Crippen molar-refractivity contribution in [3.63, 3.8) is 0 Å². The molecule has 1 saturated heterocycles. The Bertz CT molecular complexity index is 498. The molecule has 0 aliphatic carbocycles. The van der Waals surface area contributed by atoms with Gasteiger partial charge in [-0.3, -0.25) is 14.4 Å². The van der Waals surface area contributed by atoms with Gasteiger partial charge >= 0.3 is 0 Å². The SMILES string of the molecule is CNCC1CN(CC(=O)Nc2c(C)nn(C)c2C)CCO1. The van der Waals surface area contributed by atoms with Crippen LogP contribution in [0.4, 0.5) is 5.69 Å². The van der Waals surface area contributed by atoms with E-state index >= 15 is 0 Å². The van der Waals surface area contributed by atoms with Gasteiger partial charge in [-0.1, -0.05) is 0 Å². The van der Waals surface area contributed by atoms with Crippen molar-refractivity contribution in [2.24, 2.45) is 7.05 Å². The van der Waals surface area contributed by atoms with Crippen molar-refractivity contribution in [2.75, 3.05) is 45.2 Å². The minimum absolute atomic E-state index is 0.000641. The summed E-state index contributed by atoms with van der Waals surface area (Å²) in [5.41, 5.74) is 2.64. The molecule has 2 heterocycles. The van der Waals surface area contributed by atoms with Gasteiger partial charge in [0.2, 0.25) is 5.91 Å². The highest BCUT2D eigenvalue weighted by atomic mass is 16.5. The molecule has 1 atom stereocenters. The Labute approximate surface area is 125 Å². The number of amides is 1. The van der Waals surface area contributed by atoms with E-state index in [4.69, 9.17) is 4.74 Å². The van der Waals surface area contributed by atoms with E-state index in [0.717, 1.165) is 36.7 Å². The smallest absolute Gasteiger partial charge is 0.238 e. The van der Waals surface area contributed by atoms with Crippen molar-refractivity contribution in [3.8, 4) is 0 Å². The largest absolute Gasteiger partial charge is 0.374 e. The second-order valence-electron chi connectivity index (χ2n) is 5.50. The van der Waals surface area contributed by atoms with Crippen LogP contribution in [0.2, 0.25) is 0 Å². The van der Waals surface area contributed by atoms with Crippen LogP contribution in [-0.4, -0.2) is 66.5 Å². The Hall–Kier alpha value is -1.44. The Morgan fingerprint density at radius 3 is 2.86 bits per heavy atom. The van der Waals surface area contributed by atoms with Gasteiger partial charge in [0, 0.05) is 26.7 Å². The molecule has 1 unspecified atom stereocenters. The third-order valence-corrected chi connectivity index (χ3v) is 3.80. The lowest BCUT2D eigenvalue weighted by Gasteiger charge is -2.32. The monoisotopic (exact) mass is 295 g/mol. The lowest BCUT2D eigenvalue weighted by atomic mass is 10.2. The van der Waals surface area contributed by atoms with Gasteiger partial charge in [0.05, 0.1) is 36.3 Å². The van der Waals surface area contributed by atoms with E-state index in [2.05, 4.69) is 20.6 Å². The molecule has 118 valence electrons. The number of likely N-dealkylation sites (N-methyl/N-ethyl adjacent to an activating group) is 1. The van der Waals surface area contributed by atoms with Crippen LogP contribution in [-0.2, 0) is 16.6 Å². The van der Waals surface area contributed by atoms with E-state index in [-0.39, 0.29) is 12.0 Å². The number of hydrogen-bond acceptors (Lipinski definition) is 5. The summed E-state index contributed by atoms with van der Waals surface area (Å²) in [7, 11) is 3.78. The van der Waals surface area contributed by atoms with Gasteiger partial charge in [-0.25, -0.2) is 0 Å². The number of carbonyl (C=O) groups is 1. The molecule has 0 saturated carbocycles. The Balaban J connectivity index is 1.89. The first-order valence-corrected chi connectivity index (χ1v) is 7.30. The van der Waals surface area contributed by atoms with Crippen LogP contribution in [0.15, 0.2) is 0 Å². The molecule has 1 aromatic rings. The van der Waals surface area contributed by atoms with Gasteiger partial charge < -0.3 is 15.4 Å². The van der Waals surface area contributed by atoms with Crippen molar-refractivity contribution < 1.29 is 9.53 Å². The molecule has 21 heavy (non-hydrogen) atoms. The number of nitrogens with zero attached hydrogens (tertiary/aromatic N) is 3. The number of hydrogen-bond donors (Lipinski definition) is 2. The lowest BCUT2D eigenvalue weighted by molar-refractivity contribution is -0.119. The highest BCUT2D eigenvalue weighted by Gasteiger charge is 2.22. The first-order valence-electron chi connectivity index (χ1n) is 7.30. The Kier molecular flexibility index (Phi) is 5.33. The third-order valence-electron chi connectivity index (χ3n) is 3.80. The molecule has 0 spiro atoms. The minimum atomic E-state index is -0.000641. The number of nitrogens with one attached hydrogen (secondary N) is 2. The highest BCUT2D eigenvalue weighted by molar-refractivity contribution is 5.93. The molecule has 7 nitrogen and oxygen atoms in total. The summed E-state index contributed by atoms with van der Waals surface area (Å²) in [5, 5.41) is 10.4. The number of aromatic nitrogens is 2. The summed E-state index contributed by atoms with van der Waals surface area (Å²) in [5.74, 6) is -0.000641. The molecule has 1 aromatic heterocycles. The van der Waals surface area contributed by atoms with Crippen LogP contribution < -0.4 is 10.6 Å². The molecule has 0 bridgehead atoms. The van der Waals surface area contributed by atoms with Crippen molar-refractivity contribution in [1.82, 2.24) is 20.0 Å². The van der Waals surface area contributed by atoms with Crippen LogP contribution in [0.1, 0.15) is 11.4 Å². The van der Waals surface area contributed by atoms with Crippen molar-refractivity contribution >= 4 is 11.6 Å². The second-order valence-corrected chi connectivity index (χ2v) is 5.50. The number of rotatable bonds is 5. The van der Waals surface area contributed by atoms with Gasteiger partial charge in [0.1, 0.15) is 0 Å². The van der Waals surface area contributed by atoms with E-state index in [1.807, 2.05) is 27.9 Å². The standard InChI is InChI=1S/C14H25N5O2/c1-10-14(11(2)18(4)17-10)16-13(20)9-19-5-6-21-12(8-19)7-15-3/h12,15H,5-9H2,1-4H3,(H,16,20). The zero-order chi connectivity index (χ0) is 15.4. The zero-order valence-corrected chi connectivity index (χ0v) is 13.3. The number of morpholine rings is 1. The van der Waals surface area contributed by atoms with Crippen LogP contribution in [0.5, 0.6) is 0 Å². The topological polar surface area (TPSA) is 71.4 Å². The van der Waals surface area contributed by atoms with Crippen LogP contribution in [0, 0.1) is 13.8 Å². The predicted molar refractivity (Wildman–Crippen MR) is 81.4 cm³/mol. The lowest BCUT2D eigenvalue weighted by Crippen LogP contribution is -2.48. The first kappa shape index (κ1) is 15.9. The van der Waals surface area contributed by atoms with Gasteiger partial charge in [-0.05, 0) is 20.9 Å². The molecule has 2 rings (SSSR count). The number of aryl methyl sites for hydroxylation is 2. The highest BCUT2D eigenvalue weighted by Crippen LogP contribution is 2.18. The fourth-order valence-corrected chi connectivity index (χ4v) is 2.61. The Morgan fingerprint density at radius 2 is 2.24 bits per heavy atom. The first-order chi connectivity index (χ1) is 10.0. The van der Waals surface area contributed by atoms with Gasteiger partial charge in [0.15, 0.2) is 0 Å². The van der Waals surface area contributed by atoms with Crippen LogP contribution in [0.3, 0.4) is 0 Å². The molecule has 2 N–H and O–H groups in total. The summed E-state index contributed by atoms with van der Waals surface area (Å²) in [4.78, 5) is 14.3.